The second kappa shape index (κ2) is 1.45. The largest absolute Gasteiger partial charge is 0.0549 e. The molecule has 1 aromatic rings. The quantitative estimate of drug-likeness (QED) is 0.500. The van der Waals surface area contributed by atoms with E-state index in [0.29, 0.717) is 0 Å². The molecule has 2 bridgehead atoms. The van der Waals surface area contributed by atoms with Crippen molar-refractivity contribution in [3.05, 3.63) is 34.4 Å². The number of aryl methyl sites for hydroxylation is 3. The highest BCUT2D eigenvalue weighted by Crippen LogP contribution is 2.32. The van der Waals surface area contributed by atoms with Crippen LogP contribution in [-0.2, 0) is 25.7 Å². The van der Waals surface area contributed by atoms with Crippen LogP contribution >= 0.6 is 0 Å². The van der Waals surface area contributed by atoms with E-state index in [1.807, 2.05) is 0 Å². The van der Waals surface area contributed by atoms with Crippen LogP contribution in [-0.4, -0.2) is 0 Å². The van der Waals surface area contributed by atoms with Crippen LogP contribution in [0.5, 0.6) is 0 Å². The molecule has 0 heteroatoms. The van der Waals surface area contributed by atoms with E-state index in [2.05, 4.69) is 12.1 Å². The third-order valence-corrected chi connectivity index (χ3v) is 2.70. The van der Waals surface area contributed by atoms with Gasteiger partial charge in [-0.25, -0.2) is 0 Å². The number of benzene rings is 1. The van der Waals surface area contributed by atoms with Gasteiger partial charge in [0, 0.05) is 0 Å². The van der Waals surface area contributed by atoms with Crippen molar-refractivity contribution in [1.29, 1.82) is 0 Å². The van der Waals surface area contributed by atoms with Crippen LogP contribution in [0.3, 0.4) is 0 Å². The van der Waals surface area contributed by atoms with E-state index in [-0.39, 0.29) is 0 Å². The lowest BCUT2D eigenvalue weighted by Crippen LogP contribution is -2.09. The Morgan fingerprint density at radius 2 is 2.10 bits per heavy atom. The lowest BCUT2D eigenvalue weighted by Gasteiger charge is -2.19. The van der Waals surface area contributed by atoms with Gasteiger partial charge < -0.3 is 0 Å². The smallest absolute Gasteiger partial charge is 0.0111 e. The number of rotatable bonds is 0. The van der Waals surface area contributed by atoms with Crippen molar-refractivity contribution in [1.82, 2.24) is 0 Å². The van der Waals surface area contributed by atoms with Crippen molar-refractivity contribution >= 4 is 0 Å². The normalized spacial score (nSPS) is 18.4. The minimum atomic E-state index is 1.25. The zero-order valence-electron chi connectivity index (χ0n) is 5.91. The summed E-state index contributed by atoms with van der Waals surface area (Å²) in [5.74, 6) is 0. The Balaban J connectivity index is 2.37. The van der Waals surface area contributed by atoms with E-state index >= 15 is 0 Å². The highest BCUT2D eigenvalue weighted by molar-refractivity contribution is 5.47. The third-order valence-electron chi connectivity index (χ3n) is 2.70. The number of hydrogen-bond donors (Lipinski definition) is 0. The van der Waals surface area contributed by atoms with Gasteiger partial charge in [-0.3, -0.25) is 0 Å². The molecule has 0 spiro atoms. The Kier molecular flexibility index (Phi) is 0.715. The summed E-state index contributed by atoms with van der Waals surface area (Å²) >= 11 is 0. The van der Waals surface area contributed by atoms with Crippen LogP contribution in [0.2, 0.25) is 0 Å². The fourth-order valence-corrected chi connectivity index (χ4v) is 2.02. The van der Waals surface area contributed by atoms with E-state index in [4.69, 9.17) is 0 Å². The first-order chi connectivity index (χ1) is 4.93. The first-order valence-electron chi connectivity index (χ1n) is 3.99. The summed E-state index contributed by atoms with van der Waals surface area (Å²) in [7, 11) is 0. The summed E-state index contributed by atoms with van der Waals surface area (Å²) in [5.41, 5.74) is 6.22. The van der Waals surface area contributed by atoms with E-state index < -0.39 is 0 Å². The van der Waals surface area contributed by atoms with Gasteiger partial charge in [0.2, 0.25) is 0 Å². The molecular formula is C10H9. The maximum atomic E-state index is 3.44. The van der Waals surface area contributed by atoms with Gasteiger partial charge in [-0.05, 0) is 54.0 Å². The molecule has 0 fully saturated rings. The molecule has 0 aromatic heterocycles. The van der Waals surface area contributed by atoms with Gasteiger partial charge in [0.25, 0.3) is 0 Å². The van der Waals surface area contributed by atoms with Crippen LogP contribution < -0.4 is 0 Å². The molecule has 2 aliphatic carbocycles. The molecule has 0 unspecified atom stereocenters. The molecule has 0 saturated carbocycles. The molecule has 1 aromatic carbocycles. The minimum absolute atomic E-state index is 1.25. The Labute approximate surface area is 60.9 Å². The SMILES string of the molecule is [c]1c2cc3c(c1CC2)CC3. The van der Waals surface area contributed by atoms with Gasteiger partial charge in [0.05, 0.1) is 0 Å². The minimum Gasteiger partial charge on any atom is -0.0549 e. The van der Waals surface area contributed by atoms with Crippen LogP contribution in [0.1, 0.15) is 22.3 Å². The summed E-state index contributed by atoms with van der Waals surface area (Å²) in [5, 5.41) is 0. The molecule has 1 radical (unpaired) electrons. The maximum absolute atomic E-state index is 3.44. The molecule has 0 N–H and O–H groups in total. The lowest BCUT2D eigenvalue weighted by molar-refractivity contribution is 0.824. The van der Waals surface area contributed by atoms with E-state index in [1.54, 1.807) is 11.1 Å². The van der Waals surface area contributed by atoms with Gasteiger partial charge in [-0.15, -0.1) is 0 Å². The van der Waals surface area contributed by atoms with Crippen LogP contribution in [0.4, 0.5) is 0 Å². The second-order valence-electron chi connectivity index (χ2n) is 3.28. The van der Waals surface area contributed by atoms with Crippen LogP contribution in [0.15, 0.2) is 6.07 Å². The molecule has 49 valence electrons. The third kappa shape index (κ3) is 0.439. The van der Waals surface area contributed by atoms with Gasteiger partial charge in [-0.1, -0.05) is 6.07 Å². The lowest BCUT2D eigenvalue weighted by atomic mass is 9.85. The summed E-state index contributed by atoms with van der Waals surface area (Å²) in [6, 6.07) is 5.78. The van der Waals surface area contributed by atoms with Gasteiger partial charge in [0.1, 0.15) is 0 Å². The van der Waals surface area contributed by atoms with E-state index in [1.165, 1.54) is 36.8 Å². The highest BCUT2D eigenvalue weighted by atomic mass is 14.3. The molecule has 3 rings (SSSR count). The number of fused-ring (bicyclic) bond motifs is 4. The predicted molar refractivity (Wildman–Crippen MR) is 40.1 cm³/mol. The van der Waals surface area contributed by atoms with Gasteiger partial charge in [-0.2, -0.15) is 0 Å². The molecule has 2 aliphatic rings. The molecule has 0 amide bonds. The fourth-order valence-electron chi connectivity index (χ4n) is 2.02. The first-order valence-corrected chi connectivity index (χ1v) is 3.99. The van der Waals surface area contributed by atoms with E-state index in [9.17, 15) is 0 Å². The van der Waals surface area contributed by atoms with Crippen molar-refractivity contribution < 1.29 is 0 Å². The molecular weight excluding hydrogens is 120 g/mol. The van der Waals surface area contributed by atoms with Crippen molar-refractivity contribution in [3.8, 4) is 0 Å². The average molecular weight is 129 g/mol. The van der Waals surface area contributed by atoms with Crippen molar-refractivity contribution in [2.45, 2.75) is 25.7 Å². The molecule has 0 saturated heterocycles. The van der Waals surface area contributed by atoms with Crippen LogP contribution in [0.25, 0.3) is 0 Å². The standard InChI is InChI=1S/C10H9/c1-2-8-5-7(1)6-9-3-4-10(8)9/h6H,1-4H2. The fraction of sp³-hybridized carbons (Fsp3) is 0.400. The molecule has 0 heterocycles. The molecule has 0 atom stereocenters. The monoisotopic (exact) mass is 129 g/mol. The first kappa shape index (κ1) is 4.95. The summed E-state index contributed by atoms with van der Waals surface area (Å²) in [6.07, 6.45) is 5.17. The topological polar surface area (TPSA) is 0 Å². The Morgan fingerprint density at radius 1 is 1.10 bits per heavy atom. The zero-order chi connectivity index (χ0) is 6.55. The van der Waals surface area contributed by atoms with Gasteiger partial charge in [0.15, 0.2) is 0 Å². The van der Waals surface area contributed by atoms with Gasteiger partial charge >= 0.3 is 0 Å². The van der Waals surface area contributed by atoms with Crippen LogP contribution in [0, 0.1) is 6.07 Å². The van der Waals surface area contributed by atoms with Crippen molar-refractivity contribution in [2.24, 2.45) is 0 Å². The Hall–Kier alpha value is -0.780. The second-order valence-corrected chi connectivity index (χ2v) is 3.28. The van der Waals surface area contributed by atoms with Crippen molar-refractivity contribution in [3.63, 3.8) is 0 Å². The summed E-state index contributed by atoms with van der Waals surface area (Å²) < 4.78 is 0. The van der Waals surface area contributed by atoms with E-state index in [0.717, 1.165) is 0 Å². The summed E-state index contributed by atoms with van der Waals surface area (Å²) in [6.45, 7) is 0. The molecule has 0 nitrogen and oxygen atoms in total. The van der Waals surface area contributed by atoms with Crippen molar-refractivity contribution in [2.75, 3.05) is 0 Å². The number of hydrogen-bond acceptors (Lipinski definition) is 0. The Bertz CT molecular complexity index is 297. The Morgan fingerprint density at radius 3 is 2.90 bits per heavy atom. The highest BCUT2D eigenvalue weighted by Gasteiger charge is 2.21. The average Bonchev–Trinajstić information content (AvgIpc) is 2.25. The maximum Gasteiger partial charge on any atom is -0.0111 e. The predicted octanol–water partition coefficient (Wildman–Crippen LogP) is 1.68. The molecule has 10 heavy (non-hydrogen) atoms. The zero-order valence-corrected chi connectivity index (χ0v) is 5.91. The summed E-state index contributed by atoms with van der Waals surface area (Å²) in [4.78, 5) is 0. The molecule has 0 aliphatic heterocycles.